The molecule has 0 atom stereocenters. The highest BCUT2D eigenvalue weighted by molar-refractivity contribution is 7.99. The predicted octanol–water partition coefficient (Wildman–Crippen LogP) is 4.17. The lowest BCUT2D eigenvalue weighted by atomic mass is 10.0. The summed E-state index contributed by atoms with van der Waals surface area (Å²) in [6, 6.07) is 22.9. The molecular formula is C28H26FN5O3S. The van der Waals surface area contributed by atoms with Gasteiger partial charge in [-0.1, -0.05) is 48.2 Å². The number of nitrogens with zero attached hydrogens (tertiary/aromatic N) is 4. The molecule has 1 aliphatic heterocycles. The number of para-hydroxylation sites is 2. The van der Waals surface area contributed by atoms with E-state index in [9.17, 15) is 14.0 Å². The molecule has 0 bridgehead atoms. The average Bonchev–Trinajstić information content (AvgIpc) is 3.37. The number of halogens is 1. The van der Waals surface area contributed by atoms with E-state index in [1.807, 2.05) is 41.3 Å². The summed E-state index contributed by atoms with van der Waals surface area (Å²) >= 11 is 1.25. The van der Waals surface area contributed by atoms with Gasteiger partial charge in [0.05, 0.1) is 12.3 Å². The molecule has 10 heteroatoms. The maximum absolute atomic E-state index is 13.6. The van der Waals surface area contributed by atoms with Gasteiger partial charge in [-0.3, -0.25) is 14.2 Å². The third-order valence-corrected chi connectivity index (χ3v) is 6.99. The van der Waals surface area contributed by atoms with Gasteiger partial charge in [-0.2, -0.15) is 0 Å². The van der Waals surface area contributed by atoms with Crippen LogP contribution in [0.5, 0.6) is 5.75 Å². The van der Waals surface area contributed by atoms with Crippen LogP contribution in [0.4, 0.5) is 10.1 Å². The van der Waals surface area contributed by atoms with Crippen molar-refractivity contribution in [1.29, 1.82) is 0 Å². The molecule has 4 aromatic rings. The molecule has 2 amide bonds. The number of rotatable bonds is 9. The first-order valence-electron chi connectivity index (χ1n) is 12.2. The molecule has 194 valence electrons. The van der Waals surface area contributed by atoms with Gasteiger partial charge in [-0.05, 0) is 60.9 Å². The number of nitrogens with one attached hydrogen (secondary N) is 1. The molecule has 38 heavy (non-hydrogen) atoms. The van der Waals surface area contributed by atoms with Crippen molar-refractivity contribution >= 4 is 29.3 Å². The Morgan fingerprint density at radius 1 is 0.974 bits per heavy atom. The number of fused-ring (bicyclic) bond motifs is 1. The lowest BCUT2D eigenvalue weighted by molar-refractivity contribution is -0.123. The van der Waals surface area contributed by atoms with Gasteiger partial charge in [0.15, 0.2) is 17.6 Å². The zero-order chi connectivity index (χ0) is 26.3. The number of thioether (sulfide) groups is 1. The summed E-state index contributed by atoms with van der Waals surface area (Å²) in [5.74, 6) is 0.479. The van der Waals surface area contributed by atoms with E-state index in [1.165, 1.54) is 29.5 Å². The Morgan fingerprint density at radius 2 is 1.74 bits per heavy atom. The first-order chi connectivity index (χ1) is 18.6. The number of carbonyl (C=O) groups excluding carboxylic acids is 2. The van der Waals surface area contributed by atoms with Crippen LogP contribution >= 0.6 is 11.8 Å². The minimum Gasteiger partial charge on any atom is -0.484 e. The number of benzene rings is 3. The van der Waals surface area contributed by atoms with Crippen LogP contribution in [0.25, 0.3) is 5.69 Å². The van der Waals surface area contributed by atoms with E-state index in [0.717, 1.165) is 18.5 Å². The van der Waals surface area contributed by atoms with Crippen molar-refractivity contribution < 1.29 is 18.7 Å². The van der Waals surface area contributed by atoms with Gasteiger partial charge in [-0.15, -0.1) is 10.2 Å². The molecule has 0 fully saturated rings. The molecule has 0 saturated carbocycles. The van der Waals surface area contributed by atoms with Gasteiger partial charge in [-0.25, -0.2) is 4.39 Å². The minimum absolute atomic E-state index is 0.0243. The second-order valence-corrected chi connectivity index (χ2v) is 9.60. The van der Waals surface area contributed by atoms with Crippen molar-refractivity contribution in [1.82, 2.24) is 20.1 Å². The van der Waals surface area contributed by atoms with E-state index >= 15 is 0 Å². The maximum atomic E-state index is 13.6. The molecule has 5 rings (SSSR count). The topological polar surface area (TPSA) is 89.3 Å². The van der Waals surface area contributed by atoms with E-state index in [4.69, 9.17) is 4.74 Å². The molecule has 2 heterocycles. The number of hydrogen-bond acceptors (Lipinski definition) is 6. The highest BCUT2D eigenvalue weighted by Gasteiger charge is 2.23. The molecule has 8 nitrogen and oxygen atoms in total. The Labute approximate surface area is 223 Å². The second kappa shape index (κ2) is 11.9. The fraction of sp³-hybridized carbons (Fsp3) is 0.214. The van der Waals surface area contributed by atoms with Crippen LogP contribution in [-0.2, 0) is 22.6 Å². The number of anilines is 1. The van der Waals surface area contributed by atoms with Gasteiger partial charge in [0.2, 0.25) is 5.91 Å². The van der Waals surface area contributed by atoms with Crippen LogP contribution in [0.1, 0.15) is 17.8 Å². The van der Waals surface area contributed by atoms with E-state index in [0.29, 0.717) is 29.0 Å². The normalized spacial score (nSPS) is 12.6. The van der Waals surface area contributed by atoms with E-state index in [1.54, 1.807) is 28.8 Å². The molecule has 0 radical (unpaired) electrons. The van der Waals surface area contributed by atoms with Crippen LogP contribution in [0.2, 0.25) is 0 Å². The monoisotopic (exact) mass is 531 g/mol. The van der Waals surface area contributed by atoms with Gasteiger partial charge in [0.1, 0.15) is 11.6 Å². The summed E-state index contributed by atoms with van der Waals surface area (Å²) in [5.41, 5.74) is 2.74. The summed E-state index contributed by atoms with van der Waals surface area (Å²) in [5, 5.41) is 11.8. The summed E-state index contributed by atoms with van der Waals surface area (Å²) < 4.78 is 20.8. The van der Waals surface area contributed by atoms with Gasteiger partial charge in [0.25, 0.3) is 5.91 Å². The minimum atomic E-state index is -0.372. The zero-order valence-electron chi connectivity index (χ0n) is 20.5. The number of aryl methyl sites for hydroxylation is 1. The summed E-state index contributed by atoms with van der Waals surface area (Å²) in [6.07, 6.45) is 1.87. The van der Waals surface area contributed by atoms with Gasteiger partial charge < -0.3 is 15.0 Å². The van der Waals surface area contributed by atoms with Crippen LogP contribution in [0.3, 0.4) is 0 Å². The van der Waals surface area contributed by atoms with E-state index < -0.39 is 0 Å². The van der Waals surface area contributed by atoms with Crippen LogP contribution in [0, 0.1) is 5.82 Å². The number of amides is 2. The quantitative estimate of drug-likeness (QED) is 0.326. The summed E-state index contributed by atoms with van der Waals surface area (Å²) in [4.78, 5) is 27.4. The number of carbonyl (C=O) groups is 2. The lowest BCUT2D eigenvalue weighted by Gasteiger charge is -2.29. The molecule has 1 N–H and O–H groups in total. The smallest absolute Gasteiger partial charge is 0.258 e. The molecule has 0 unspecified atom stereocenters. The first-order valence-corrected chi connectivity index (χ1v) is 13.2. The van der Waals surface area contributed by atoms with Crippen molar-refractivity contribution in [3.8, 4) is 11.4 Å². The highest BCUT2D eigenvalue weighted by atomic mass is 32.2. The molecule has 3 aromatic carbocycles. The first kappa shape index (κ1) is 25.5. The van der Waals surface area contributed by atoms with Crippen LogP contribution in [-0.4, -0.2) is 45.5 Å². The third-order valence-electron chi connectivity index (χ3n) is 6.08. The highest BCUT2D eigenvalue weighted by Crippen LogP contribution is 2.29. The molecule has 0 aliphatic carbocycles. The van der Waals surface area contributed by atoms with Crippen LogP contribution < -0.4 is 15.0 Å². The summed E-state index contributed by atoms with van der Waals surface area (Å²) in [6.45, 7) is 0.598. The maximum Gasteiger partial charge on any atom is 0.258 e. The SMILES string of the molecule is O=C(COc1ccccc1)NCc1nnc(SCC(=O)N2CCCc3ccccc32)n1-c1ccc(F)cc1. The third kappa shape index (κ3) is 6.03. The molecular weight excluding hydrogens is 505 g/mol. The number of aromatic nitrogens is 3. The molecule has 0 saturated heterocycles. The van der Waals surface area contributed by atoms with Gasteiger partial charge in [0, 0.05) is 17.9 Å². The standard InChI is InChI=1S/C28H26FN5O3S/c29-21-12-14-22(15-13-21)34-25(17-30-26(35)18-37-23-9-2-1-3-10-23)31-32-28(34)38-19-27(36)33-16-6-8-20-7-4-5-11-24(20)33/h1-5,7,9-15H,6,8,16-19H2,(H,30,35). The number of hydrogen-bond donors (Lipinski definition) is 1. The van der Waals surface area contributed by atoms with Crippen molar-refractivity contribution in [3.63, 3.8) is 0 Å². The van der Waals surface area contributed by atoms with Gasteiger partial charge >= 0.3 is 0 Å². The number of ether oxygens (including phenoxy) is 1. The van der Waals surface area contributed by atoms with Crippen molar-refractivity contribution in [2.45, 2.75) is 24.5 Å². The van der Waals surface area contributed by atoms with Crippen molar-refractivity contribution in [2.75, 3.05) is 23.8 Å². The molecule has 1 aliphatic rings. The largest absolute Gasteiger partial charge is 0.484 e. The summed E-state index contributed by atoms with van der Waals surface area (Å²) in [7, 11) is 0. The Kier molecular flexibility index (Phi) is 7.98. The molecule has 1 aromatic heterocycles. The van der Waals surface area contributed by atoms with Crippen LogP contribution in [0.15, 0.2) is 84.0 Å². The Bertz CT molecular complexity index is 1410. The lowest BCUT2D eigenvalue weighted by Crippen LogP contribution is -2.36. The second-order valence-electron chi connectivity index (χ2n) is 8.66. The Balaban J connectivity index is 1.28. The Hall–Kier alpha value is -4.18. The fourth-order valence-electron chi connectivity index (χ4n) is 4.25. The fourth-order valence-corrected chi connectivity index (χ4v) is 5.10. The predicted molar refractivity (Wildman–Crippen MR) is 143 cm³/mol. The van der Waals surface area contributed by atoms with Crippen molar-refractivity contribution in [3.05, 3.63) is 96.1 Å². The Morgan fingerprint density at radius 3 is 2.55 bits per heavy atom. The van der Waals surface area contributed by atoms with Crippen molar-refractivity contribution in [2.24, 2.45) is 0 Å². The van der Waals surface area contributed by atoms with E-state index in [-0.39, 0.29) is 36.5 Å². The average molecular weight is 532 g/mol. The van der Waals surface area contributed by atoms with E-state index in [2.05, 4.69) is 21.6 Å². The zero-order valence-corrected chi connectivity index (χ0v) is 21.4. The molecule has 0 spiro atoms.